The molecular weight excluding hydrogens is 252 g/mol. The molecule has 1 heterocycles. The topological polar surface area (TPSA) is 60.9 Å². The molecule has 0 aliphatic carbocycles. The van der Waals surface area contributed by atoms with Crippen molar-refractivity contribution in [2.24, 2.45) is 5.92 Å². The Morgan fingerprint density at radius 2 is 2.06 bits per heavy atom. The first-order valence-corrected chi connectivity index (χ1v) is 8.24. The third-order valence-electron chi connectivity index (χ3n) is 3.74. The summed E-state index contributed by atoms with van der Waals surface area (Å²) in [6.45, 7) is 3.83. The van der Waals surface area contributed by atoms with E-state index in [0.717, 1.165) is 25.7 Å². The lowest BCUT2D eigenvalue weighted by Gasteiger charge is -2.26. The molecule has 0 amide bonds. The highest BCUT2D eigenvalue weighted by Crippen LogP contribution is 2.22. The van der Waals surface area contributed by atoms with Gasteiger partial charge in [-0.05, 0) is 31.6 Å². The fraction of sp³-hybridized carbons (Fsp3) is 1.00. The molecular formula is C12H26N2O3S. The van der Waals surface area contributed by atoms with Gasteiger partial charge >= 0.3 is 0 Å². The van der Waals surface area contributed by atoms with Crippen LogP contribution in [-0.4, -0.2) is 55.4 Å². The van der Waals surface area contributed by atoms with Crippen LogP contribution in [0.5, 0.6) is 0 Å². The first-order valence-electron chi connectivity index (χ1n) is 6.84. The van der Waals surface area contributed by atoms with E-state index in [0.29, 0.717) is 32.0 Å². The minimum atomic E-state index is -3.33. The zero-order valence-corrected chi connectivity index (χ0v) is 12.3. The predicted octanol–water partition coefficient (Wildman–Crippen LogP) is 1.06. The maximum absolute atomic E-state index is 12.3. The Labute approximate surface area is 111 Å². The van der Waals surface area contributed by atoms with Crippen molar-refractivity contribution in [2.75, 3.05) is 33.3 Å². The first-order chi connectivity index (χ1) is 8.52. The van der Waals surface area contributed by atoms with E-state index in [9.17, 15) is 8.42 Å². The minimum absolute atomic E-state index is 0.0256. The van der Waals surface area contributed by atoms with Crippen molar-refractivity contribution in [2.45, 2.75) is 39.0 Å². The third kappa shape index (κ3) is 4.19. The Morgan fingerprint density at radius 3 is 2.67 bits per heavy atom. The second kappa shape index (κ2) is 7.43. The molecule has 1 rings (SSSR count). The molecule has 1 aliphatic rings. The van der Waals surface area contributed by atoms with Gasteiger partial charge in [0.05, 0.1) is 0 Å². The van der Waals surface area contributed by atoms with Crippen LogP contribution in [0.25, 0.3) is 0 Å². The van der Waals surface area contributed by atoms with Gasteiger partial charge in [-0.2, -0.15) is 17.0 Å². The van der Waals surface area contributed by atoms with Gasteiger partial charge in [0.1, 0.15) is 0 Å². The number of hydrogen-bond donors (Lipinski definition) is 1. The van der Waals surface area contributed by atoms with E-state index in [1.54, 1.807) is 11.4 Å². The van der Waals surface area contributed by atoms with Gasteiger partial charge in [0.25, 0.3) is 10.2 Å². The van der Waals surface area contributed by atoms with Crippen LogP contribution in [0.3, 0.4) is 0 Å². The Morgan fingerprint density at radius 1 is 1.33 bits per heavy atom. The van der Waals surface area contributed by atoms with Crippen LogP contribution in [0.4, 0.5) is 0 Å². The average Bonchev–Trinajstić information content (AvgIpc) is 2.61. The molecule has 0 aromatic carbocycles. The zero-order chi connectivity index (χ0) is 13.6. The molecule has 0 saturated carbocycles. The number of aliphatic hydroxyl groups excluding tert-OH is 1. The zero-order valence-electron chi connectivity index (χ0n) is 11.5. The van der Waals surface area contributed by atoms with Gasteiger partial charge in [-0.3, -0.25) is 0 Å². The van der Waals surface area contributed by atoms with Crippen LogP contribution in [-0.2, 0) is 10.2 Å². The number of rotatable bonds is 6. The van der Waals surface area contributed by atoms with E-state index < -0.39 is 10.2 Å². The van der Waals surface area contributed by atoms with Gasteiger partial charge in [0, 0.05) is 33.3 Å². The fourth-order valence-electron chi connectivity index (χ4n) is 2.38. The summed E-state index contributed by atoms with van der Waals surface area (Å²) in [4.78, 5) is 0. The standard InChI is InChI=1S/C12H26N2O3S/c1-3-12-6-4-9-14(10-7-12)18(16,17)13(2)8-5-11-15/h12,15H,3-11H2,1-2H3. The van der Waals surface area contributed by atoms with Gasteiger partial charge in [-0.15, -0.1) is 0 Å². The Kier molecular flexibility index (Phi) is 6.55. The van der Waals surface area contributed by atoms with E-state index in [1.807, 2.05) is 0 Å². The molecule has 0 aromatic heterocycles. The molecule has 0 bridgehead atoms. The molecule has 5 nitrogen and oxygen atoms in total. The molecule has 108 valence electrons. The second-order valence-corrected chi connectivity index (χ2v) is 7.05. The van der Waals surface area contributed by atoms with Crippen molar-refractivity contribution in [3.63, 3.8) is 0 Å². The lowest BCUT2D eigenvalue weighted by molar-refractivity contribution is 0.271. The molecule has 1 unspecified atom stereocenters. The van der Waals surface area contributed by atoms with Gasteiger partial charge in [-0.1, -0.05) is 13.3 Å². The van der Waals surface area contributed by atoms with Crippen LogP contribution in [0.15, 0.2) is 0 Å². The van der Waals surface area contributed by atoms with Crippen LogP contribution >= 0.6 is 0 Å². The summed E-state index contributed by atoms with van der Waals surface area (Å²) in [7, 11) is -1.74. The monoisotopic (exact) mass is 278 g/mol. The summed E-state index contributed by atoms with van der Waals surface area (Å²) in [5.74, 6) is 0.660. The summed E-state index contributed by atoms with van der Waals surface area (Å²) in [5, 5.41) is 8.77. The minimum Gasteiger partial charge on any atom is -0.396 e. The quantitative estimate of drug-likeness (QED) is 0.790. The first kappa shape index (κ1) is 15.9. The molecule has 1 aliphatic heterocycles. The predicted molar refractivity (Wildman–Crippen MR) is 72.5 cm³/mol. The van der Waals surface area contributed by atoms with Gasteiger partial charge in [0.15, 0.2) is 0 Å². The van der Waals surface area contributed by atoms with Crippen molar-refractivity contribution >= 4 is 10.2 Å². The molecule has 6 heteroatoms. The highest BCUT2D eigenvalue weighted by Gasteiger charge is 2.28. The largest absolute Gasteiger partial charge is 0.396 e. The maximum Gasteiger partial charge on any atom is 0.281 e. The van der Waals surface area contributed by atoms with Crippen LogP contribution < -0.4 is 0 Å². The van der Waals surface area contributed by atoms with Gasteiger partial charge in [0.2, 0.25) is 0 Å². The van der Waals surface area contributed by atoms with Crippen molar-refractivity contribution in [1.82, 2.24) is 8.61 Å². The number of hydrogen-bond acceptors (Lipinski definition) is 3. The molecule has 18 heavy (non-hydrogen) atoms. The smallest absolute Gasteiger partial charge is 0.281 e. The highest BCUT2D eigenvalue weighted by atomic mass is 32.2. The van der Waals surface area contributed by atoms with Crippen LogP contribution in [0.2, 0.25) is 0 Å². The highest BCUT2D eigenvalue weighted by molar-refractivity contribution is 7.86. The Balaban J connectivity index is 2.61. The molecule has 0 spiro atoms. The number of nitrogens with zero attached hydrogens (tertiary/aromatic N) is 2. The molecule has 1 fully saturated rings. The second-order valence-electron chi connectivity index (χ2n) is 5.01. The average molecular weight is 278 g/mol. The van der Waals surface area contributed by atoms with E-state index in [2.05, 4.69) is 6.92 Å². The van der Waals surface area contributed by atoms with Crippen LogP contribution in [0, 0.1) is 5.92 Å². The fourth-order valence-corrected chi connectivity index (χ4v) is 3.83. The van der Waals surface area contributed by atoms with E-state index >= 15 is 0 Å². The van der Waals surface area contributed by atoms with E-state index in [4.69, 9.17) is 5.11 Å². The van der Waals surface area contributed by atoms with E-state index in [1.165, 1.54) is 4.31 Å². The number of aliphatic hydroxyl groups is 1. The Bertz CT molecular complexity index is 332. The summed E-state index contributed by atoms with van der Waals surface area (Å²) >= 11 is 0. The van der Waals surface area contributed by atoms with Gasteiger partial charge < -0.3 is 5.11 Å². The summed E-state index contributed by atoms with van der Waals surface area (Å²) in [6.07, 6.45) is 4.66. The molecule has 1 atom stereocenters. The third-order valence-corrected chi connectivity index (χ3v) is 5.72. The lowest BCUT2D eigenvalue weighted by Crippen LogP contribution is -2.42. The molecule has 0 aromatic rings. The van der Waals surface area contributed by atoms with Crippen molar-refractivity contribution in [1.29, 1.82) is 0 Å². The maximum atomic E-state index is 12.3. The molecule has 1 N–H and O–H groups in total. The van der Waals surface area contributed by atoms with Crippen LogP contribution in [0.1, 0.15) is 39.0 Å². The lowest BCUT2D eigenvalue weighted by atomic mass is 9.98. The van der Waals surface area contributed by atoms with Crippen molar-refractivity contribution < 1.29 is 13.5 Å². The summed E-state index contributed by atoms with van der Waals surface area (Å²) < 4.78 is 27.6. The SMILES string of the molecule is CCC1CCCN(S(=O)(=O)N(C)CCCO)CC1. The Hall–Kier alpha value is -0.170. The summed E-state index contributed by atoms with van der Waals surface area (Å²) in [6, 6.07) is 0. The molecule has 0 radical (unpaired) electrons. The van der Waals surface area contributed by atoms with E-state index in [-0.39, 0.29) is 6.61 Å². The summed E-state index contributed by atoms with van der Waals surface area (Å²) in [5.41, 5.74) is 0. The van der Waals surface area contributed by atoms with Crippen molar-refractivity contribution in [3.8, 4) is 0 Å². The normalized spacial score (nSPS) is 23.2. The molecule has 1 saturated heterocycles. The van der Waals surface area contributed by atoms with Gasteiger partial charge in [-0.25, -0.2) is 0 Å². The van der Waals surface area contributed by atoms with Crippen molar-refractivity contribution in [3.05, 3.63) is 0 Å².